The van der Waals surface area contributed by atoms with Crippen molar-refractivity contribution in [2.24, 2.45) is 5.92 Å². The van der Waals surface area contributed by atoms with Gasteiger partial charge in [0.1, 0.15) is 5.82 Å². The lowest BCUT2D eigenvalue weighted by Crippen LogP contribution is -2.47. The molecule has 2 heterocycles. The van der Waals surface area contributed by atoms with Crippen molar-refractivity contribution in [2.75, 3.05) is 18.4 Å². The number of carbonyl (C=O) groups excluding carboxylic acids is 1. The standard InChI is InChI=1S/C20H29N3O/c1-2-7-16-11-12-19(21-14-16)22-18-10-6-13-23(15-18)20(24)17-8-4-3-5-9-17/h2,11-12,14,17-18H,1,3-10,13,15H2,(H,21,22)/t18-/m1/s1. The molecule has 4 nitrogen and oxygen atoms in total. The number of aromatic nitrogens is 1. The number of allylic oxidation sites excluding steroid dienone is 1. The number of amides is 1. The van der Waals surface area contributed by atoms with Gasteiger partial charge in [0.2, 0.25) is 5.91 Å². The van der Waals surface area contributed by atoms with Crippen LogP contribution >= 0.6 is 0 Å². The maximum atomic E-state index is 12.7. The SMILES string of the molecule is C=CCc1ccc(N[C@@H]2CCCN(C(=O)C3CCCCC3)C2)nc1. The third-order valence-corrected chi connectivity index (χ3v) is 5.24. The first kappa shape index (κ1) is 17.0. The number of likely N-dealkylation sites (tertiary alicyclic amines) is 1. The highest BCUT2D eigenvalue weighted by atomic mass is 16.2. The molecule has 1 N–H and O–H groups in total. The van der Waals surface area contributed by atoms with Crippen molar-refractivity contribution in [2.45, 2.75) is 57.4 Å². The fourth-order valence-corrected chi connectivity index (χ4v) is 3.91. The Kier molecular flexibility index (Phi) is 5.89. The molecular weight excluding hydrogens is 298 g/mol. The highest BCUT2D eigenvalue weighted by molar-refractivity contribution is 5.79. The molecule has 130 valence electrons. The number of hydrogen-bond acceptors (Lipinski definition) is 3. The molecule has 0 spiro atoms. The van der Waals surface area contributed by atoms with Crippen LogP contribution in [0.5, 0.6) is 0 Å². The number of pyridine rings is 1. The molecule has 1 aromatic rings. The van der Waals surface area contributed by atoms with E-state index in [-0.39, 0.29) is 5.92 Å². The Hall–Kier alpha value is -1.84. The maximum Gasteiger partial charge on any atom is 0.225 e. The number of rotatable bonds is 5. The second kappa shape index (κ2) is 8.32. The van der Waals surface area contributed by atoms with E-state index >= 15 is 0 Å². The number of nitrogens with zero attached hydrogens (tertiary/aromatic N) is 2. The van der Waals surface area contributed by atoms with E-state index < -0.39 is 0 Å². The number of carbonyl (C=O) groups is 1. The van der Waals surface area contributed by atoms with Crippen LogP contribution in [0.3, 0.4) is 0 Å². The van der Waals surface area contributed by atoms with Crippen molar-refractivity contribution in [3.63, 3.8) is 0 Å². The van der Waals surface area contributed by atoms with Crippen LogP contribution in [0.4, 0.5) is 5.82 Å². The van der Waals surface area contributed by atoms with E-state index in [9.17, 15) is 4.79 Å². The molecule has 2 fully saturated rings. The van der Waals surface area contributed by atoms with Crippen molar-refractivity contribution in [3.05, 3.63) is 36.5 Å². The number of anilines is 1. The fraction of sp³-hybridized carbons (Fsp3) is 0.600. The minimum absolute atomic E-state index is 0.272. The van der Waals surface area contributed by atoms with Crippen molar-refractivity contribution in [1.29, 1.82) is 0 Å². The smallest absolute Gasteiger partial charge is 0.225 e. The summed E-state index contributed by atoms with van der Waals surface area (Å²) in [5, 5.41) is 3.51. The molecule has 1 saturated carbocycles. The Morgan fingerprint density at radius 2 is 2.08 bits per heavy atom. The lowest BCUT2D eigenvalue weighted by Gasteiger charge is -2.36. The van der Waals surface area contributed by atoms with Crippen molar-refractivity contribution < 1.29 is 4.79 Å². The first-order chi connectivity index (χ1) is 11.8. The van der Waals surface area contributed by atoms with Gasteiger partial charge in [-0.3, -0.25) is 4.79 Å². The molecule has 4 heteroatoms. The second-order valence-corrected chi connectivity index (χ2v) is 7.15. The van der Waals surface area contributed by atoms with E-state index in [1.165, 1.54) is 24.8 Å². The number of hydrogen-bond donors (Lipinski definition) is 1. The molecule has 0 radical (unpaired) electrons. The summed E-state index contributed by atoms with van der Waals surface area (Å²) in [5.74, 6) is 1.56. The van der Waals surface area contributed by atoms with Crippen molar-refractivity contribution in [3.8, 4) is 0 Å². The lowest BCUT2D eigenvalue weighted by molar-refractivity contribution is -0.137. The summed E-state index contributed by atoms with van der Waals surface area (Å²) in [6, 6.07) is 4.43. The van der Waals surface area contributed by atoms with Gasteiger partial charge < -0.3 is 10.2 Å². The van der Waals surface area contributed by atoms with Gasteiger partial charge in [-0.1, -0.05) is 31.4 Å². The second-order valence-electron chi connectivity index (χ2n) is 7.15. The Morgan fingerprint density at radius 1 is 1.25 bits per heavy atom. The monoisotopic (exact) mass is 327 g/mol. The Bertz CT molecular complexity index is 549. The first-order valence-corrected chi connectivity index (χ1v) is 9.37. The lowest BCUT2D eigenvalue weighted by atomic mass is 9.87. The molecule has 1 amide bonds. The van der Waals surface area contributed by atoms with Gasteiger partial charge in [0.05, 0.1) is 0 Å². The predicted molar refractivity (Wildman–Crippen MR) is 97.9 cm³/mol. The molecule has 2 aliphatic rings. The van der Waals surface area contributed by atoms with Crippen LogP contribution in [0, 0.1) is 5.92 Å². The molecule has 0 aromatic carbocycles. The molecule has 0 unspecified atom stereocenters. The van der Waals surface area contributed by atoms with Crippen molar-refractivity contribution in [1.82, 2.24) is 9.88 Å². The van der Waals surface area contributed by atoms with Gasteiger partial charge in [-0.05, 0) is 43.7 Å². The number of piperidine rings is 1. The summed E-state index contributed by atoms with van der Waals surface area (Å²) < 4.78 is 0. The summed E-state index contributed by atoms with van der Waals surface area (Å²) in [7, 11) is 0. The molecule has 3 rings (SSSR count). The van der Waals surface area contributed by atoms with Gasteiger partial charge in [-0.15, -0.1) is 6.58 Å². The summed E-state index contributed by atoms with van der Waals surface area (Å²) in [6.07, 6.45) is 12.7. The van der Waals surface area contributed by atoms with Crippen LogP contribution in [-0.2, 0) is 11.2 Å². The predicted octanol–water partition coefficient (Wildman–Crippen LogP) is 3.79. The van der Waals surface area contributed by atoms with Gasteiger partial charge in [0.15, 0.2) is 0 Å². The summed E-state index contributed by atoms with van der Waals surface area (Å²) in [4.78, 5) is 19.3. The quantitative estimate of drug-likeness (QED) is 0.837. The minimum Gasteiger partial charge on any atom is -0.366 e. The highest BCUT2D eigenvalue weighted by Crippen LogP contribution is 2.27. The van der Waals surface area contributed by atoms with E-state index in [1.807, 2.05) is 18.3 Å². The summed E-state index contributed by atoms with van der Waals surface area (Å²) >= 11 is 0. The first-order valence-electron chi connectivity index (χ1n) is 9.37. The molecule has 1 atom stereocenters. The van der Waals surface area contributed by atoms with Gasteiger partial charge >= 0.3 is 0 Å². The fourth-order valence-electron chi connectivity index (χ4n) is 3.91. The van der Waals surface area contributed by atoms with E-state index in [1.54, 1.807) is 0 Å². The average molecular weight is 327 g/mol. The molecular formula is C20H29N3O. The summed E-state index contributed by atoms with van der Waals surface area (Å²) in [6.45, 7) is 5.48. The third kappa shape index (κ3) is 4.37. The molecule has 1 aliphatic heterocycles. The van der Waals surface area contributed by atoms with Gasteiger partial charge in [0, 0.05) is 31.2 Å². The maximum absolute atomic E-state index is 12.7. The van der Waals surface area contributed by atoms with E-state index in [4.69, 9.17) is 0 Å². The molecule has 1 aromatic heterocycles. The Balaban J connectivity index is 1.54. The Morgan fingerprint density at radius 3 is 2.79 bits per heavy atom. The van der Waals surface area contributed by atoms with Gasteiger partial charge in [0.25, 0.3) is 0 Å². The van der Waals surface area contributed by atoms with E-state index in [2.05, 4.69) is 27.8 Å². The van der Waals surface area contributed by atoms with Crippen LogP contribution in [-0.4, -0.2) is 34.9 Å². The van der Waals surface area contributed by atoms with E-state index in [0.29, 0.717) is 11.9 Å². The largest absolute Gasteiger partial charge is 0.366 e. The average Bonchev–Trinajstić information content (AvgIpc) is 2.64. The number of nitrogens with one attached hydrogen (secondary N) is 1. The third-order valence-electron chi connectivity index (χ3n) is 5.24. The van der Waals surface area contributed by atoms with Crippen LogP contribution < -0.4 is 5.32 Å². The molecule has 0 bridgehead atoms. The van der Waals surface area contributed by atoms with Gasteiger partial charge in [-0.25, -0.2) is 4.98 Å². The zero-order valence-corrected chi connectivity index (χ0v) is 14.5. The van der Waals surface area contributed by atoms with Gasteiger partial charge in [-0.2, -0.15) is 0 Å². The van der Waals surface area contributed by atoms with Crippen LogP contribution in [0.25, 0.3) is 0 Å². The topological polar surface area (TPSA) is 45.2 Å². The van der Waals surface area contributed by atoms with Crippen LogP contribution in [0.15, 0.2) is 31.0 Å². The van der Waals surface area contributed by atoms with Crippen LogP contribution in [0.1, 0.15) is 50.5 Å². The minimum atomic E-state index is 0.272. The van der Waals surface area contributed by atoms with Crippen molar-refractivity contribution >= 4 is 11.7 Å². The Labute approximate surface area is 145 Å². The highest BCUT2D eigenvalue weighted by Gasteiger charge is 2.29. The molecule has 1 aliphatic carbocycles. The van der Waals surface area contributed by atoms with E-state index in [0.717, 1.165) is 51.0 Å². The van der Waals surface area contributed by atoms with Crippen LogP contribution in [0.2, 0.25) is 0 Å². The molecule has 1 saturated heterocycles. The molecule has 24 heavy (non-hydrogen) atoms. The summed E-state index contributed by atoms with van der Waals surface area (Å²) in [5.41, 5.74) is 1.17. The zero-order chi connectivity index (χ0) is 16.8. The zero-order valence-electron chi connectivity index (χ0n) is 14.5. The normalized spacial score (nSPS) is 22.2.